The third-order valence-corrected chi connectivity index (χ3v) is 1.79. The number of ether oxygens (including phenoxy) is 1. The lowest BCUT2D eigenvalue weighted by molar-refractivity contribution is 0.0936. The number of alkyl carbamates (subject to hydrolysis) is 1. The molecule has 14 heavy (non-hydrogen) atoms. The highest BCUT2D eigenvalue weighted by Crippen LogP contribution is 2.06. The summed E-state index contributed by atoms with van der Waals surface area (Å²) in [6.45, 7) is 1.80. The molecule has 0 aliphatic carbocycles. The summed E-state index contributed by atoms with van der Waals surface area (Å²) in [5, 5.41) is 2.09. The van der Waals surface area contributed by atoms with Crippen molar-refractivity contribution in [3.63, 3.8) is 0 Å². The van der Waals surface area contributed by atoms with Gasteiger partial charge in [-0.25, -0.2) is 4.79 Å². The minimum absolute atomic E-state index is 0.449. The van der Waals surface area contributed by atoms with Crippen LogP contribution in [0.1, 0.15) is 15.9 Å². The van der Waals surface area contributed by atoms with E-state index in [1.807, 2.05) is 6.07 Å². The second-order valence-electron chi connectivity index (χ2n) is 2.76. The summed E-state index contributed by atoms with van der Waals surface area (Å²) >= 11 is 0. The summed E-state index contributed by atoms with van der Waals surface area (Å²) in [6, 6.07) is 7.00. The number of imide groups is 1. The van der Waals surface area contributed by atoms with Crippen molar-refractivity contribution < 1.29 is 14.3 Å². The van der Waals surface area contributed by atoms with E-state index in [-0.39, 0.29) is 0 Å². The van der Waals surface area contributed by atoms with Crippen LogP contribution in [0.15, 0.2) is 24.3 Å². The van der Waals surface area contributed by atoms with E-state index >= 15 is 0 Å². The highest BCUT2D eigenvalue weighted by atomic mass is 16.5. The lowest BCUT2D eigenvalue weighted by atomic mass is 10.1. The van der Waals surface area contributed by atoms with E-state index in [0.717, 1.165) is 5.56 Å². The molecular weight excluding hydrogens is 182 g/mol. The van der Waals surface area contributed by atoms with Gasteiger partial charge in [0.2, 0.25) is 0 Å². The number of nitrogens with one attached hydrogen (secondary N) is 1. The molecule has 0 atom stereocenters. The fourth-order valence-electron chi connectivity index (χ4n) is 1.04. The van der Waals surface area contributed by atoms with E-state index in [0.29, 0.717) is 5.56 Å². The molecule has 4 nitrogen and oxygen atoms in total. The molecule has 0 aromatic heterocycles. The molecule has 1 aromatic carbocycles. The molecule has 0 bridgehead atoms. The van der Waals surface area contributed by atoms with Gasteiger partial charge in [0.15, 0.2) is 0 Å². The average molecular weight is 193 g/mol. The molecule has 1 aromatic rings. The first-order valence-corrected chi connectivity index (χ1v) is 4.10. The summed E-state index contributed by atoms with van der Waals surface area (Å²) < 4.78 is 4.31. The Hall–Kier alpha value is -1.84. The van der Waals surface area contributed by atoms with Crippen molar-refractivity contribution in [2.45, 2.75) is 6.92 Å². The molecule has 2 amide bonds. The minimum Gasteiger partial charge on any atom is -0.453 e. The maximum atomic E-state index is 11.4. The van der Waals surface area contributed by atoms with Gasteiger partial charge in [0, 0.05) is 5.56 Å². The number of aryl methyl sites for hydroxylation is 1. The molecular formula is C10H11NO3. The molecule has 0 aliphatic rings. The smallest absolute Gasteiger partial charge is 0.413 e. The lowest BCUT2D eigenvalue weighted by Gasteiger charge is -2.04. The zero-order valence-electron chi connectivity index (χ0n) is 8.03. The molecule has 0 fully saturated rings. The molecule has 1 N–H and O–H groups in total. The van der Waals surface area contributed by atoms with Crippen LogP contribution in [0.3, 0.4) is 0 Å². The standard InChI is InChI=1S/C10H11NO3/c1-7-5-3-4-6-8(7)9(12)11-10(13)14-2/h3-6H,1-2H3,(H,11,12,13). The molecule has 4 heteroatoms. The maximum Gasteiger partial charge on any atom is 0.413 e. The summed E-state index contributed by atoms with van der Waals surface area (Å²) in [6.07, 6.45) is -0.752. The zero-order chi connectivity index (χ0) is 10.6. The van der Waals surface area contributed by atoms with E-state index < -0.39 is 12.0 Å². The van der Waals surface area contributed by atoms with E-state index in [1.165, 1.54) is 7.11 Å². The van der Waals surface area contributed by atoms with Crippen molar-refractivity contribution >= 4 is 12.0 Å². The summed E-state index contributed by atoms with van der Waals surface area (Å²) in [4.78, 5) is 22.2. The normalized spacial score (nSPS) is 9.29. The van der Waals surface area contributed by atoms with Crippen LogP contribution in [0.4, 0.5) is 4.79 Å². The maximum absolute atomic E-state index is 11.4. The number of methoxy groups -OCH3 is 1. The van der Waals surface area contributed by atoms with E-state index in [2.05, 4.69) is 10.1 Å². The first kappa shape index (κ1) is 10.2. The Morgan fingerprint density at radius 2 is 1.93 bits per heavy atom. The summed E-state index contributed by atoms with van der Waals surface area (Å²) in [5.74, 6) is -0.449. The first-order chi connectivity index (χ1) is 6.65. The number of hydrogen-bond acceptors (Lipinski definition) is 3. The molecule has 0 spiro atoms. The molecule has 0 heterocycles. The van der Waals surface area contributed by atoms with Gasteiger partial charge < -0.3 is 4.74 Å². The zero-order valence-corrected chi connectivity index (χ0v) is 8.03. The van der Waals surface area contributed by atoms with Gasteiger partial charge in [0.05, 0.1) is 7.11 Å². The monoisotopic (exact) mass is 193 g/mol. The fraction of sp³-hybridized carbons (Fsp3) is 0.200. The van der Waals surface area contributed by atoms with Crippen LogP contribution < -0.4 is 5.32 Å². The molecule has 0 aliphatic heterocycles. The van der Waals surface area contributed by atoms with Gasteiger partial charge >= 0.3 is 6.09 Å². The van der Waals surface area contributed by atoms with Crippen LogP contribution in [0.25, 0.3) is 0 Å². The van der Waals surface area contributed by atoms with Crippen LogP contribution in [-0.4, -0.2) is 19.1 Å². The van der Waals surface area contributed by atoms with Crippen molar-refractivity contribution in [1.29, 1.82) is 0 Å². The molecule has 74 valence electrons. The largest absolute Gasteiger partial charge is 0.453 e. The number of rotatable bonds is 1. The Morgan fingerprint density at radius 3 is 2.50 bits per heavy atom. The van der Waals surface area contributed by atoms with Crippen molar-refractivity contribution in [2.75, 3.05) is 7.11 Å². The van der Waals surface area contributed by atoms with Gasteiger partial charge in [-0.1, -0.05) is 18.2 Å². The van der Waals surface area contributed by atoms with E-state index in [9.17, 15) is 9.59 Å². The highest BCUT2D eigenvalue weighted by molar-refractivity contribution is 6.03. The quantitative estimate of drug-likeness (QED) is 0.735. The second-order valence-corrected chi connectivity index (χ2v) is 2.76. The summed E-state index contributed by atoms with van der Waals surface area (Å²) in [7, 11) is 1.21. The van der Waals surface area contributed by atoms with Crippen LogP contribution >= 0.6 is 0 Å². The van der Waals surface area contributed by atoms with E-state index in [1.54, 1.807) is 25.1 Å². The number of hydrogen-bond donors (Lipinski definition) is 1. The molecule has 0 saturated carbocycles. The van der Waals surface area contributed by atoms with Crippen LogP contribution in [0, 0.1) is 6.92 Å². The first-order valence-electron chi connectivity index (χ1n) is 4.10. The van der Waals surface area contributed by atoms with Crippen molar-refractivity contribution in [2.24, 2.45) is 0 Å². The van der Waals surface area contributed by atoms with Crippen molar-refractivity contribution in [1.82, 2.24) is 5.32 Å². The molecule has 0 unspecified atom stereocenters. The second kappa shape index (κ2) is 4.41. The Bertz CT molecular complexity index is 360. The Labute approximate surface area is 81.9 Å². The van der Waals surface area contributed by atoms with Crippen molar-refractivity contribution in [3.8, 4) is 0 Å². The Morgan fingerprint density at radius 1 is 1.29 bits per heavy atom. The van der Waals surface area contributed by atoms with Gasteiger partial charge in [-0.2, -0.15) is 0 Å². The number of amides is 2. The molecule has 0 radical (unpaired) electrons. The molecule has 0 saturated heterocycles. The number of carbonyl (C=O) groups is 2. The average Bonchev–Trinajstić information content (AvgIpc) is 2.18. The van der Waals surface area contributed by atoms with Gasteiger partial charge in [-0.05, 0) is 18.6 Å². The lowest BCUT2D eigenvalue weighted by Crippen LogP contribution is -2.30. The Balaban J connectivity index is 2.80. The van der Waals surface area contributed by atoms with Gasteiger partial charge in [-0.15, -0.1) is 0 Å². The van der Waals surface area contributed by atoms with E-state index in [4.69, 9.17) is 0 Å². The SMILES string of the molecule is COC(=O)NC(=O)c1ccccc1C. The Kier molecular flexibility index (Phi) is 3.23. The van der Waals surface area contributed by atoms with Crippen LogP contribution in [-0.2, 0) is 4.74 Å². The predicted octanol–water partition coefficient (Wildman–Crippen LogP) is 1.49. The third kappa shape index (κ3) is 2.32. The third-order valence-electron chi connectivity index (χ3n) is 1.79. The minimum atomic E-state index is -0.752. The molecule has 1 rings (SSSR count). The van der Waals surface area contributed by atoms with Gasteiger partial charge in [0.1, 0.15) is 0 Å². The topological polar surface area (TPSA) is 55.4 Å². The predicted molar refractivity (Wildman–Crippen MR) is 51.1 cm³/mol. The van der Waals surface area contributed by atoms with Crippen molar-refractivity contribution in [3.05, 3.63) is 35.4 Å². The fourth-order valence-corrected chi connectivity index (χ4v) is 1.04. The number of carbonyl (C=O) groups excluding carboxylic acids is 2. The number of benzene rings is 1. The highest BCUT2D eigenvalue weighted by Gasteiger charge is 2.11. The van der Waals surface area contributed by atoms with Crippen LogP contribution in [0.5, 0.6) is 0 Å². The van der Waals surface area contributed by atoms with Gasteiger partial charge in [-0.3, -0.25) is 10.1 Å². The van der Waals surface area contributed by atoms with Crippen LogP contribution in [0.2, 0.25) is 0 Å². The van der Waals surface area contributed by atoms with Gasteiger partial charge in [0.25, 0.3) is 5.91 Å². The summed E-state index contributed by atoms with van der Waals surface area (Å²) in [5.41, 5.74) is 1.28.